The van der Waals surface area contributed by atoms with Gasteiger partial charge in [0.15, 0.2) is 0 Å². The summed E-state index contributed by atoms with van der Waals surface area (Å²) in [5, 5.41) is 4.39. The van der Waals surface area contributed by atoms with Gasteiger partial charge in [0, 0.05) is 5.56 Å². The topological polar surface area (TPSA) is 55.1 Å². The molecule has 0 saturated carbocycles. The smallest absolute Gasteiger partial charge is 0.265 e. The summed E-state index contributed by atoms with van der Waals surface area (Å²) < 4.78 is 41.1. The van der Waals surface area contributed by atoms with Crippen LogP contribution in [0.5, 0.6) is 0 Å². The molecule has 1 aromatic carbocycles. The van der Waals surface area contributed by atoms with E-state index in [0.29, 0.717) is 0 Å². The van der Waals surface area contributed by atoms with Gasteiger partial charge in [-0.1, -0.05) is 30.3 Å². The van der Waals surface area contributed by atoms with Crippen LogP contribution in [-0.4, -0.2) is 18.0 Å². The van der Waals surface area contributed by atoms with Gasteiger partial charge in [0.1, 0.15) is 0 Å². The van der Waals surface area contributed by atoms with E-state index in [9.17, 15) is 18.0 Å². The predicted molar refractivity (Wildman–Crippen MR) is 71.3 cm³/mol. The van der Waals surface area contributed by atoms with Crippen LogP contribution in [-0.2, 0) is 5.66 Å². The summed E-state index contributed by atoms with van der Waals surface area (Å²) in [6, 6.07) is 6.37. The number of urea groups is 1. The summed E-state index contributed by atoms with van der Waals surface area (Å²) in [7, 11) is 0. The van der Waals surface area contributed by atoms with Crippen LogP contribution in [0.15, 0.2) is 30.3 Å². The van der Waals surface area contributed by atoms with Gasteiger partial charge in [-0.3, -0.25) is 5.32 Å². The lowest BCUT2D eigenvalue weighted by Gasteiger charge is -2.35. The van der Waals surface area contributed by atoms with Crippen molar-refractivity contribution >= 4 is 11.9 Å². The van der Waals surface area contributed by atoms with E-state index in [-0.39, 0.29) is 11.4 Å². The summed E-state index contributed by atoms with van der Waals surface area (Å²) in [6.45, 7) is 5.15. The van der Waals surface area contributed by atoms with Crippen LogP contribution >= 0.6 is 0 Å². The molecule has 0 bridgehead atoms. The van der Waals surface area contributed by atoms with Gasteiger partial charge in [0.05, 0.1) is 5.41 Å². The summed E-state index contributed by atoms with van der Waals surface area (Å²) in [5.41, 5.74) is -3.38. The van der Waals surface area contributed by atoms with Gasteiger partial charge in [0.2, 0.25) is 0 Å². The molecule has 2 rings (SSSR count). The Morgan fingerprint density at radius 2 is 1.67 bits per heavy atom. The molecular weight excluding hydrogens is 283 g/mol. The fourth-order valence-electron chi connectivity index (χ4n) is 2.08. The van der Waals surface area contributed by atoms with Crippen molar-refractivity contribution in [2.45, 2.75) is 32.6 Å². The summed E-state index contributed by atoms with van der Waals surface area (Å²) in [4.78, 5) is 14.2. The Labute approximate surface area is 120 Å². The average molecular weight is 300 g/mol. The highest BCUT2D eigenvalue weighted by Gasteiger charge is 2.63. The Bertz CT molecular complexity index is 575. The van der Waals surface area contributed by atoms with E-state index >= 15 is 0 Å². The van der Waals surface area contributed by atoms with Gasteiger partial charge in [-0.2, -0.15) is 18.5 Å². The molecule has 0 aromatic heterocycles. The van der Waals surface area contributed by atoms with Crippen LogP contribution in [0.2, 0.25) is 0 Å². The number of halogens is 3. The number of amidine groups is 1. The Kier molecular flexibility index (Phi) is 3.47. The number of hydrogen-bond acceptors (Lipinski definition) is 1. The number of benzene rings is 1. The summed E-state index contributed by atoms with van der Waals surface area (Å²) in [5.74, 6) is 0.118. The summed E-state index contributed by atoms with van der Waals surface area (Å²) >= 11 is 0. The van der Waals surface area contributed by atoms with E-state index in [2.05, 4.69) is 10.3 Å². The largest absolute Gasteiger partial charge is 0.457 e. The Balaban J connectivity index is 2.69. The van der Waals surface area contributed by atoms with E-state index in [0.717, 1.165) is 0 Å². The highest BCUT2D eigenvalue weighted by Crippen LogP contribution is 2.34. The maximum Gasteiger partial charge on any atom is 0.457 e. The van der Waals surface area contributed by atoms with Gasteiger partial charge in [-0.05, 0) is 20.8 Å². The van der Waals surface area contributed by atoms with Crippen LogP contribution < -0.4 is 15.6 Å². The molecule has 0 spiro atoms. The zero-order valence-corrected chi connectivity index (χ0v) is 11.9. The molecule has 1 aliphatic rings. The molecule has 0 aliphatic carbocycles. The number of carbonyl (C=O) groups is 1. The summed E-state index contributed by atoms with van der Waals surface area (Å²) in [6.07, 6.45) is -4.71. The second kappa shape index (κ2) is 4.75. The third-order valence-electron chi connectivity index (χ3n) is 3.23. The van der Waals surface area contributed by atoms with Crippen molar-refractivity contribution in [1.82, 2.24) is 10.6 Å². The molecule has 0 radical (unpaired) electrons. The molecule has 0 fully saturated rings. The van der Waals surface area contributed by atoms with Crippen LogP contribution in [0.1, 0.15) is 26.3 Å². The molecule has 4 nitrogen and oxygen atoms in total. The Hall–Kier alpha value is -2.05. The zero-order chi connectivity index (χ0) is 15.9. The van der Waals surface area contributed by atoms with Crippen molar-refractivity contribution in [1.29, 1.82) is 0 Å². The number of rotatable bonds is 1. The molecule has 1 atom stereocenters. The van der Waals surface area contributed by atoms with Crippen LogP contribution in [0.4, 0.5) is 18.0 Å². The molecule has 0 saturated heterocycles. The fraction of sp³-hybridized carbons (Fsp3) is 0.429. The minimum atomic E-state index is -4.71. The number of nitrogens with one attached hydrogen (secondary N) is 3. The molecule has 21 heavy (non-hydrogen) atoms. The monoisotopic (exact) mass is 300 g/mol. The lowest BCUT2D eigenvalue weighted by atomic mass is 9.91. The van der Waals surface area contributed by atoms with Gasteiger partial charge in [-0.25, -0.2) is 9.79 Å². The lowest BCUT2D eigenvalue weighted by molar-refractivity contribution is -0.625. The van der Waals surface area contributed by atoms with Crippen molar-refractivity contribution in [3.63, 3.8) is 0 Å². The van der Waals surface area contributed by atoms with E-state index in [4.69, 9.17) is 0 Å². The first kappa shape index (κ1) is 15.3. The Morgan fingerprint density at radius 1 is 1.10 bits per heavy atom. The van der Waals surface area contributed by atoms with E-state index < -0.39 is 23.3 Å². The molecule has 2 amide bonds. The number of amides is 2. The quantitative estimate of drug-likeness (QED) is 0.718. The maximum absolute atomic E-state index is 13.7. The van der Waals surface area contributed by atoms with Crippen molar-refractivity contribution in [2.24, 2.45) is 5.41 Å². The van der Waals surface area contributed by atoms with Gasteiger partial charge < -0.3 is 0 Å². The standard InChI is InChI=1S/C14H16F3N3O/c1-12(2,3)10-18-11(21)20-13(19-10,14(15,16)17)9-7-5-4-6-8-9/h4-8H,1-3H3,(H2,18,19,20,21)/p+1/t13-/m1/s1. The SMILES string of the molecule is CC(C)(C)C1=[NH+][C@@](c2ccccc2)(C(F)(F)F)NC(=O)N1. The molecule has 7 heteroatoms. The molecule has 3 N–H and O–H groups in total. The number of hydrogen-bond donors (Lipinski definition) is 3. The second-order valence-electron chi connectivity index (χ2n) is 5.94. The molecular formula is C14H17F3N3O+. The fourth-order valence-corrected chi connectivity index (χ4v) is 2.08. The second-order valence-corrected chi connectivity index (χ2v) is 5.94. The highest BCUT2D eigenvalue weighted by atomic mass is 19.4. The highest BCUT2D eigenvalue weighted by molar-refractivity contribution is 5.98. The third kappa shape index (κ3) is 2.72. The van der Waals surface area contributed by atoms with Crippen molar-refractivity contribution in [2.75, 3.05) is 0 Å². The normalized spacial score (nSPS) is 23.1. The predicted octanol–water partition coefficient (Wildman–Crippen LogP) is 1.24. The molecule has 114 valence electrons. The van der Waals surface area contributed by atoms with Crippen LogP contribution in [0.25, 0.3) is 0 Å². The van der Waals surface area contributed by atoms with Gasteiger partial charge >= 0.3 is 17.9 Å². The van der Waals surface area contributed by atoms with Gasteiger partial charge in [-0.15, -0.1) is 0 Å². The molecule has 0 unspecified atom stereocenters. The van der Waals surface area contributed by atoms with Crippen molar-refractivity contribution in [3.8, 4) is 0 Å². The van der Waals surface area contributed by atoms with Crippen LogP contribution in [0, 0.1) is 5.41 Å². The molecule has 1 heterocycles. The number of carbonyl (C=O) groups excluding carboxylic acids is 1. The first-order chi connectivity index (χ1) is 9.56. The minimum absolute atomic E-state index is 0.0749. The first-order valence-electron chi connectivity index (χ1n) is 6.43. The third-order valence-corrected chi connectivity index (χ3v) is 3.23. The van der Waals surface area contributed by atoms with E-state index in [1.165, 1.54) is 24.3 Å². The minimum Gasteiger partial charge on any atom is -0.265 e. The Morgan fingerprint density at radius 3 is 2.14 bits per heavy atom. The molecule has 1 aromatic rings. The van der Waals surface area contributed by atoms with Gasteiger partial charge in [0.25, 0.3) is 5.84 Å². The zero-order valence-electron chi connectivity index (χ0n) is 11.9. The van der Waals surface area contributed by atoms with E-state index in [1.54, 1.807) is 26.8 Å². The van der Waals surface area contributed by atoms with Crippen LogP contribution in [0.3, 0.4) is 0 Å². The van der Waals surface area contributed by atoms with E-state index in [1.807, 2.05) is 5.32 Å². The lowest BCUT2D eigenvalue weighted by Crippen LogP contribution is -3.00. The molecule has 1 aliphatic heterocycles. The average Bonchev–Trinajstić information content (AvgIpc) is 2.36. The first-order valence-corrected chi connectivity index (χ1v) is 6.43. The van der Waals surface area contributed by atoms with Crippen molar-refractivity contribution < 1.29 is 23.0 Å². The van der Waals surface area contributed by atoms with Crippen molar-refractivity contribution in [3.05, 3.63) is 35.9 Å². The maximum atomic E-state index is 13.7. The number of alkyl halides is 3.